The second kappa shape index (κ2) is 11.7. The summed E-state index contributed by atoms with van der Waals surface area (Å²) in [6, 6.07) is 5.95. The van der Waals surface area contributed by atoms with Crippen LogP contribution in [0.5, 0.6) is 5.75 Å². The largest absolute Gasteiger partial charge is 0.486 e. The Balaban J connectivity index is 1.41. The summed E-state index contributed by atoms with van der Waals surface area (Å²) in [5.41, 5.74) is 3.88. The Labute approximate surface area is 219 Å². The molecular weight excluding hydrogens is 496 g/mol. The zero-order valence-corrected chi connectivity index (χ0v) is 22.4. The van der Waals surface area contributed by atoms with Crippen molar-refractivity contribution in [3.8, 4) is 5.75 Å². The summed E-state index contributed by atoms with van der Waals surface area (Å²) in [7, 11) is 0. The third-order valence-electron chi connectivity index (χ3n) is 5.94. The molecule has 0 saturated carbocycles. The number of esters is 1. The van der Waals surface area contributed by atoms with Crippen molar-refractivity contribution in [1.82, 2.24) is 14.8 Å². The lowest BCUT2D eigenvalue weighted by Gasteiger charge is -2.10. The molecule has 36 heavy (non-hydrogen) atoms. The predicted octanol–water partition coefficient (Wildman–Crippen LogP) is 5.12. The molecule has 1 aromatic carbocycles. The summed E-state index contributed by atoms with van der Waals surface area (Å²) >= 11 is 2.75. The molecule has 0 aliphatic heterocycles. The number of aryl methyl sites for hydroxylation is 3. The predicted molar refractivity (Wildman–Crippen MR) is 142 cm³/mol. The van der Waals surface area contributed by atoms with Crippen molar-refractivity contribution in [2.24, 2.45) is 0 Å². The van der Waals surface area contributed by atoms with Crippen molar-refractivity contribution in [1.29, 1.82) is 0 Å². The fraction of sp³-hybridized carbons (Fsp3) is 0.385. The number of carbonyl (C=O) groups is 2. The average molecular weight is 527 g/mol. The monoisotopic (exact) mass is 526 g/mol. The first-order chi connectivity index (χ1) is 17.4. The summed E-state index contributed by atoms with van der Waals surface area (Å²) in [4.78, 5) is 26.5. The van der Waals surface area contributed by atoms with Crippen LogP contribution in [0.3, 0.4) is 0 Å². The number of aromatic nitrogens is 3. The van der Waals surface area contributed by atoms with E-state index in [1.54, 1.807) is 13.0 Å². The van der Waals surface area contributed by atoms with Crippen LogP contribution >= 0.6 is 23.1 Å². The molecule has 2 aromatic heterocycles. The van der Waals surface area contributed by atoms with E-state index >= 15 is 0 Å². The first kappa shape index (κ1) is 26.0. The zero-order valence-electron chi connectivity index (χ0n) is 20.8. The SMILES string of the molecule is C=CCn1c(COc2ccc(C)c(C)c2)nnc1SCC(=O)Nc1sc2c(c1C(=O)OCC)CCC2. The summed E-state index contributed by atoms with van der Waals surface area (Å²) < 4.78 is 13.1. The van der Waals surface area contributed by atoms with Gasteiger partial charge in [-0.2, -0.15) is 0 Å². The number of thioether (sulfide) groups is 1. The van der Waals surface area contributed by atoms with E-state index in [2.05, 4.69) is 29.0 Å². The number of rotatable bonds is 11. The molecule has 0 unspecified atom stereocenters. The van der Waals surface area contributed by atoms with Gasteiger partial charge in [0.15, 0.2) is 11.0 Å². The van der Waals surface area contributed by atoms with Crippen molar-refractivity contribution in [2.45, 2.75) is 58.3 Å². The van der Waals surface area contributed by atoms with E-state index in [0.717, 1.165) is 41.0 Å². The van der Waals surface area contributed by atoms with Crippen LogP contribution in [0.1, 0.15) is 51.1 Å². The minimum absolute atomic E-state index is 0.123. The highest BCUT2D eigenvalue weighted by Crippen LogP contribution is 2.39. The van der Waals surface area contributed by atoms with Gasteiger partial charge in [0.05, 0.1) is 17.9 Å². The van der Waals surface area contributed by atoms with Gasteiger partial charge in [-0.3, -0.25) is 9.36 Å². The lowest BCUT2D eigenvalue weighted by Crippen LogP contribution is -2.17. The van der Waals surface area contributed by atoms with E-state index in [-0.39, 0.29) is 24.2 Å². The fourth-order valence-electron chi connectivity index (χ4n) is 4.00. The molecule has 0 bridgehead atoms. The molecule has 0 atom stereocenters. The number of benzene rings is 1. The fourth-order valence-corrected chi connectivity index (χ4v) is 6.06. The van der Waals surface area contributed by atoms with E-state index in [0.29, 0.717) is 34.7 Å². The van der Waals surface area contributed by atoms with Gasteiger partial charge >= 0.3 is 5.97 Å². The highest BCUT2D eigenvalue weighted by Gasteiger charge is 2.28. The Bertz CT molecular complexity index is 1280. The molecule has 1 aliphatic carbocycles. The third-order valence-corrected chi connectivity index (χ3v) is 8.11. The van der Waals surface area contributed by atoms with Gasteiger partial charge in [0.2, 0.25) is 5.91 Å². The summed E-state index contributed by atoms with van der Waals surface area (Å²) in [5.74, 6) is 0.943. The molecule has 1 amide bonds. The number of ether oxygens (including phenoxy) is 2. The first-order valence-electron chi connectivity index (χ1n) is 11.9. The first-order valence-corrected chi connectivity index (χ1v) is 13.7. The van der Waals surface area contributed by atoms with E-state index in [4.69, 9.17) is 9.47 Å². The van der Waals surface area contributed by atoms with Gasteiger partial charge in [0, 0.05) is 11.4 Å². The summed E-state index contributed by atoms with van der Waals surface area (Å²) in [6.45, 7) is 10.7. The summed E-state index contributed by atoms with van der Waals surface area (Å²) in [5, 5.41) is 12.6. The second-order valence-electron chi connectivity index (χ2n) is 8.45. The van der Waals surface area contributed by atoms with Gasteiger partial charge in [-0.05, 0) is 68.9 Å². The molecule has 10 heteroatoms. The van der Waals surface area contributed by atoms with Crippen LogP contribution in [0.2, 0.25) is 0 Å². The van der Waals surface area contributed by atoms with E-state index in [9.17, 15) is 9.59 Å². The molecule has 8 nitrogen and oxygen atoms in total. The Morgan fingerprint density at radius 1 is 1.25 bits per heavy atom. The smallest absolute Gasteiger partial charge is 0.341 e. The van der Waals surface area contributed by atoms with Crippen molar-refractivity contribution in [3.05, 3.63) is 63.8 Å². The third kappa shape index (κ3) is 5.82. The second-order valence-corrected chi connectivity index (χ2v) is 10.5. The number of nitrogens with zero attached hydrogens (tertiary/aromatic N) is 3. The molecule has 0 spiro atoms. The number of hydrogen-bond acceptors (Lipinski definition) is 8. The Kier molecular flexibility index (Phi) is 8.48. The Morgan fingerprint density at radius 3 is 2.83 bits per heavy atom. The Morgan fingerprint density at radius 2 is 2.08 bits per heavy atom. The van der Waals surface area contributed by atoms with E-state index < -0.39 is 0 Å². The molecule has 4 rings (SSSR count). The molecule has 190 valence electrons. The number of amides is 1. The van der Waals surface area contributed by atoms with Crippen LogP contribution in [-0.2, 0) is 35.5 Å². The van der Waals surface area contributed by atoms with E-state index in [1.807, 2.05) is 29.7 Å². The molecule has 1 N–H and O–H groups in total. The van der Waals surface area contributed by atoms with Gasteiger partial charge in [-0.1, -0.05) is 23.9 Å². The molecule has 0 fully saturated rings. The van der Waals surface area contributed by atoms with Crippen molar-refractivity contribution >= 4 is 40.0 Å². The van der Waals surface area contributed by atoms with Crippen molar-refractivity contribution in [3.63, 3.8) is 0 Å². The molecule has 3 aromatic rings. The number of nitrogens with one attached hydrogen (secondary N) is 1. The van der Waals surface area contributed by atoms with Crippen LogP contribution in [0.4, 0.5) is 5.00 Å². The standard InChI is InChI=1S/C26H30N4O4S2/c1-5-12-30-21(14-34-18-11-10-16(3)17(4)13-18)28-29-26(30)35-15-22(31)27-24-23(25(32)33-6-2)19-8-7-9-20(19)36-24/h5,10-11,13H,1,6-9,12,14-15H2,2-4H3,(H,27,31). The molecule has 0 saturated heterocycles. The maximum absolute atomic E-state index is 12.8. The molecule has 1 aliphatic rings. The van der Waals surface area contributed by atoms with Gasteiger partial charge in [-0.15, -0.1) is 28.1 Å². The minimum atomic E-state index is -0.376. The van der Waals surface area contributed by atoms with Crippen LogP contribution in [-0.4, -0.2) is 39.0 Å². The number of anilines is 1. The number of thiophene rings is 1. The number of allylic oxidation sites excluding steroid dienone is 1. The van der Waals surface area contributed by atoms with Gasteiger partial charge in [-0.25, -0.2) is 4.79 Å². The minimum Gasteiger partial charge on any atom is -0.486 e. The topological polar surface area (TPSA) is 95.3 Å². The van der Waals surface area contributed by atoms with Gasteiger partial charge < -0.3 is 14.8 Å². The van der Waals surface area contributed by atoms with E-state index in [1.165, 1.54) is 28.7 Å². The van der Waals surface area contributed by atoms with Gasteiger partial charge in [0.25, 0.3) is 0 Å². The average Bonchev–Trinajstić information content (AvgIpc) is 3.54. The molecule has 2 heterocycles. The quantitative estimate of drug-likeness (QED) is 0.211. The molecule has 0 radical (unpaired) electrons. The van der Waals surface area contributed by atoms with Crippen LogP contribution < -0.4 is 10.1 Å². The Hall–Kier alpha value is -3.11. The van der Waals surface area contributed by atoms with Crippen molar-refractivity contribution in [2.75, 3.05) is 17.7 Å². The molecular formula is C26H30N4O4S2. The van der Waals surface area contributed by atoms with Crippen LogP contribution in [0, 0.1) is 13.8 Å². The highest BCUT2D eigenvalue weighted by atomic mass is 32.2. The maximum atomic E-state index is 12.8. The lowest BCUT2D eigenvalue weighted by atomic mass is 10.1. The lowest BCUT2D eigenvalue weighted by molar-refractivity contribution is -0.113. The normalized spacial score (nSPS) is 12.3. The van der Waals surface area contributed by atoms with Crippen LogP contribution in [0.15, 0.2) is 36.0 Å². The maximum Gasteiger partial charge on any atom is 0.341 e. The van der Waals surface area contributed by atoms with Crippen molar-refractivity contribution < 1.29 is 19.1 Å². The number of fused-ring (bicyclic) bond motifs is 1. The van der Waals surface area contributed by atoms with Gasteiger partial charge in [0.1, 0.15) is 17.4 Å². The number of hydrogen-bond donors (Lipinski definition) is 1. The zero-order chi connectivity index (χ0) is 25.7. The number of carbonyl (C=O) groups excluding carboxylic acids is 2. The van der Waals surface area contributed by atoms with Crippen LogP contribution in [0.25, 0.3) is 0 Å². The summed E-state index contributed by atoms with van der Waals surface area (Å²) in [6.07, 6.45) is 4.54. The highest BCUT2D eigenvalue weighted by molar-refractivity contribution is 7.99.